The summed E-state index contributed by atoms with van der Waals surface area (Å²) in [7, 11) is 2.10. The third kappa shape index (κ3) is 4.24. The molecule has 1 atom stereocenters. The summed E-state index contributed by atoms with van der Waals surface area (Å²) in [6.45, 7) is 2.39. The van der Waals surface area contributed by atoms with Gasteiger partial charge in [0.1, 0.15) is 5.82 Å². The average molecular weight is 362 g/mol. The molecule has 0 amide bonds. The number of likely N-dealkylation sites (N-methyl/N-ethyl adjacent to an activating group) is 1. The second kappa shape index (κ2) is 7.99. The van der Waals surface area contributed by atoms with Crippen molar-refractivity contribution >= 4 is 0 Å². The van der Waals surface area contributed by atoms with Crippen LogP contribution in [0.15, 0.2) is 67.0 Å². The summed E-state index contributed by atoms with van der Waals surface area (Å²) in [4.78, 5) is 6.63. The zero-order valence-corrected chi connectivity index (χ0v) is 15.4. The summed E-state index contributed by atoms with van der Waals surface area (Å²) < 4.78 is 19.2. The molecule has 0 radical (unpaired) electrons. The summed E-state index contributed by atoms with van der Waals surface area (Å²) in [5, 5.41) is 0. The van der Waals surface area contributed by atoms with Gasteiger partial charge >= 0.3 is 0 Å². The first-order valence-corrected chi connectivity index (χ1v) is 9.27. The first kappa shape index (κ1) is 17.8. The maximum atomic E-state index is 13.1. The summed E-state index contributed by atoms with van der Waals surface area (Å²) in [5.41, 5.74) is 5.79. The molecule has 138 valence electrons. The number of fused-ring (bicyclic) bond motifs is 1. The van der Waals surface area contributed by atoms with Crippen molar-refractivity contribution < 1.29 is 9.13 Å². The normalized spacial score (nSPS) is 16.3. The molecular weight excluding hydrogens is 339 g/mol. The van der Waals surface area contributed by atoms with Crippen molar-refractivity contribution in [2.75, 3.05) is 20.2 Å². The number of aromatic nitrogens is 1. The van der Waals surface area contributed by atoms with E-state index in [2.05, 4.69) is 47.3 Å². The molecule has 1 aromatic heterocycles. The number of benzene rings is 2. The summed E-state index contributed by atoms with van der Waals surface area (Å²) in [5.74, 6) is -0.227. The minimum Gasteiger partial charge on any atom is -0.372 e. The van der Waals surface area contributed by atoms with Crippen LogP contribution < -0.4 is 0 Å². The Morgan fingerprint density at radius 1 is 1.07 bits per heavy atom. The van der Waals surface area contributed by atoms with E-state index in [0.29, 0.717) is 0 Å². The highest BCUT2D eigenvalue weighted by Gasteiger charge is 2.21. The van der Waals surface area contributed by atoms with Crippen LogP contribution in [-0.4, -0.2) is 30.1 Å². The number of ether oxygens (including phenoxy) is 1. The Bertz CT molecular complexity index is 910. The third-order valence-corrected chi connectivity index (χ3v) is 4.99. The quantitative estimate of drug-likeness (QED) is 0.661. The van der Waals surface area contributed by atoms with E-state index in [9.17, 15) is 4.39 Å². The van der Waals surface area contributed by atoms with Crippen LogP contribution in [0.3, 0.4) is 0 Å². The van der Waals surface area contributed by atoms with Gasteiger partial charge in [-0.2, -0.15) is 0 Å². The molecule has 0 N–H and O–H groups in total. The van der Waals surface area contributed by atoms with Gasteiger partial charge in [0.05, 0.1) is 12.7 Å². The van der Waals surface area contributed by atoms with Crippen molar-refractivity contribution in [3.8, 4) is 11.1 Å². The Balaban J connectivity index is 1.45. The third-order valence-electron chi connectivity index (χ3n) is 4.99. The topological polar surface area (TPSA) is 25.4 Å². The maximum Gasteiger partial charge on any atom is 0.123 e. The van der Waals surface area contributed by atoms with E-state index in [-0.39, 0.29) is 11.9 Å². The van der Waals surface area contributed by atoms with Gasteiger partial charge in [0.15, 0.2) is 0 Å². The smallest absolute Gasteiger partial charge is 0.123 e. The lowest BCUT2D eigenvalue weighted by Gasteiger charge is -2.29. The lowest BCUT2D eigenvalue weighted by molar-refractivity contribution is 0.0197. The SMILES string of the molecule is CN(Cc1cncc(-c2ccc(F)cc2)c1)CC1OCCc2ccccc21. The van der Waals surface area contributed by atoms with Gasteiger partial charge in [0, 0.05) is 31.0 Å². The van der Waals surface area contributed by atoms with Gasteiger partial charge in [-0.25, -0.2) is 4.39 Å². The Morgan fingerprint density at radius 3 is 2.74 bits per heavy atom. The first-order chi connectivity index (χ1) is 13.2. The Morgan fingerprint density at radius 2 is 1.89 bits per heavy atom. The average Bonchev–Trinajstić information content (AvgIpc) is 2.69. The predicted octanol–water partition coefficient (Wildman–Crippen LogP) is 4.63. The van der Waals surface area contributed by atoms with Crippen molar-refractivity contribution in [3.63, 3.8) is 0 Å². The second-order valence-corrected chi connectivity index (χ2v) is 7.09. The van der Waals surface area contributed by atoms with Crippen molar-refractivity contribution in [2.45, 2.75) is 19.1 Å². The van der Waals surface area contributed by atoms with Gasteiger partial charge in [-0.3, -0.25) is 9.88 Å². The van der Waals surface area contributed by atoms with Crippen LogP contribution in [0.2, 0.25) is 0 Å². The molecule has 0 saturated carbocycles. The molecule has 4 heteroatoms. The number of rotatable bonds is 5. The molecule has 3 aromatic rings. The molecule has 0 fully saturated rings. The van der Waals surface area contributed by atoms with Gasteiger partial charge in [0.25, 0.3) is 0 Å². The van der Waals surface area contributed by atoms with Crippen LogP contribution in [0.4, 0.5) is 4.39 Å². The summed E-state index contributed by atoms with van der Waals surface area (Å²) >= 11 is 0. The molecule has 0 saturated heterocycles. The maximum absolute atomic E-state index is 13.1. The molecule has 0 bridgehead atoms. The lowest BCUT2D eigenvalue weighted by Crippen LogP contribution is -2.29. The number of halogens is 1. The predicted molar refractivity (Wildman–Crippen MR) is 105 cm³/mol. The fourth-order valence-corrected chi connectivity index (χ4v) is 3.66. The number of hydrogen-bond acceptors (Lipinski definition) is 3. The zero-order chi connectivity index (χ0) is 18.6. The van der Waals surface area contributed by atoms with E-state index in [1.165, 1.54) is 23.3 Å². The van der Waals surface area contributed by atoms with Gasteiger partial charge in [0.2, 0.25) is 0 Å². The molecule has 4 rings (SSSR count). The summed E-state index contributed by atoms with van der Waals surface area (Å²) in [6.07, 6.45) is 4.80. The van der Waals surface area contributed by atoms with E-state index >= 15 is 0 Å². The van der Waals surface area contributed by atoms with Crippen LogP contribution in [0, 0.1) is 5.82 Å². The van der Waals surface area contributed by atoms with E-state index in [0.717, 1.165) is 42.8 Å². The van der Waals surface area contributed by atoms with E-state index in [1.54, 1.807) is 12.1 Å². The van der Waals surface area contributed by atoms with Gasteiger partial charge in [-0.15, -0.1) is 0 Å². The van der Waals surface area contributed by atoms with Crippen molar-refractivity contribution in [1.82, 2.24) is 9.88 Å². The van der Waals surface area contributed by atoms with E-state index in [4.69, 9.17) is 4.74 Å². The standard InChI is InChI=1S/C23H23FN2O/c1-26(16-23-22-5-3-2-4-19(22)10-11-27-23)15-17-12-20(14-25-13-17)18-6-8-21(24)9-7-18/h2-9,12-14,23H,10-11,15-16H2,1H3. The Kier molecular flexibility index (Phi) is 5.28. The summed E-state index contributed by atoms with van der Waals surface area (Å²) in [6, 6.07) is 17.2. The van der Waals surface area contributed by atoms with Crippen LogP contribution in [0.25, 0.3) is 11.1 Å². The van der Waals surface area contributed by atoms with Crippen molar-refractivity contribution in [2.24, 2.45) is 0 Å². The minimum atomic E-state index is -0.227. The van der Waals surface area contributed by atoms with Crippen molar-refractivity contribution in [3.05, 3.63) is 89.5 Å². The Labute approximate surface area is 159 Å². The zero-order valence-electron chi connectivity index (χ0n) is 15.4. The van der Waals surface area contributed by atoms with Crippen LogP contribution >= 0.6 is 0 Å². The highest BCUT2D eigenvalue weighted by atomic mass is 19.1. The van der Waals surface area contributed by atoms with E-state index in [1.807, 2.05) is 12.4 Å². The van der Waals surface area contributed by atoms with Crippen molar-refractivity contribution in [1.29, 1.82) is 0 Å². The second-order valence-electron chi connectivity index (χ2n) is 7.09. The molecule has 27 heavy (non-hydrogen) atoms. The highest BCUT2D eigenvalue weighted by molar-refractivity contribution is 5.62. The van der Waals surface area contributed by atoms with Gasteiger partial charge < -0.3 is 4.74 Å². The van der Waals surface area contributed by atoms with Crippen LogP contribution in [0.1, 0.15) is 22.8 Å². The largest absolute Gasteiger partial charge is 0.372 e. The molecule has 1 unspecified atom stereocenters. The lowest BCUT2D eigenvalue weighted by atomic mass is 9.97. The highest BCUT2D eigenvalue weighted by Crippen LogP contribution is 2.28. The van der Waals surface area contributed by atoms with Gasteiger partial charge in [-0.05, 0) is 53.9 Å². The molecule has 1 aliphatic heterocycles. The molecule has 0 spiro atoms. The minimum absolute atomic E-state index is 0.105. The number of nitrogens with zero attached hydrogens (tertiary/aromatic N) is 2. The number of pyridine rings is 1. The van der Waals surface area contributed by atoms with E-state index < -0.39 is 0 Å². The molecule has 0 aliphatic carbocycles. The fourth-order valence-electron chi connectivity index (χ4n) is 3.66. The fraction of sp³-hybridized carbons (Fsp3) is 0.261. The number of hydrogen-bond donors (Lipinski definition) is 0. The van der Waals surface area contributed by atoms with Crippen LogP contribution in [-0.2, 0) is 17.7 Å². The Hall–Kier alpha value is -2.56. The molecule has 3 nitrogen and oxygen atoms in total. The monoisotopic (exact) mass is 362 g/mol. The molecule has 2 heterocycles. The molecule has 2 aromatic carbocycles. The van der Waals surface area contributed by atoms with Gasteiger partial charge in [-0.1, -0.05) is 36.4 Å². The molecule has 1 aliphatic rings. The first-order valence-electron chi connectivity index (χ1n) is 9.27. The molecular formula is C23H23FN2O. The van der Waals surface area contributed by atoms with Crippen LogP contribution in [0.5, 0.6) is 0 Å².